The summed E-state index contributed by atoms with van der Waals surface area (Å²) in [7, 11) is 0.399. The minimum atomic E-state index is -1.19. The van der Waals surface area contributed by atoms with E-state index in [1.54, 1.807) is 31.2 Å². The summed E-state index contributed by atoms with van der Waals surface area (Å²) < 4.78 is 5.12. The van der Waals surface area contributed by atoms with Crippen molar-refractivity contribution in [1.82, 2.24) is 0 Å². The molecule has 70 valence electrons. The van der Waals surface area contributed by atoms with Gasteiger partial charge < -0.3 is 9.53 Å². The van der Waals surface area contributed by atoms with Gasteiger partial charge in [-0.15, -0.1) is 0 Å². The Morgan fingerprint density at radius 2 is 2.00 bits per heavy atom. The summed E-state index contributed by atoms with van der Waals surface area (Å²) in [5.74, 6) is -0.950. The largest absolute Gasteiger partial charge is 0.479 e. The van der Waals surface area contributed by atoms with Gasteiger partial charge in [-0.3, -0.25) is 0 Å². The lowest BCUT2D eigenvalue weighted by atomic mass is 9.97. The van der Waals surface area contributed by atoms with Gasteiger partial charge in [-0.1, -0.05) is 30.3 Å². The first-order chi connectivity index (χ1) is 6.11. The number of benzene rings is 1. The zero-order valence-corrected chi connectivity index (χ0v) is 9.65. The number of carbonyl (C=O) groups is 1. The Balaban J connectivity index is 3.11. The number of carboxylic acids is 1. The van der Waals surface area contributed by atoms with Gasteiger partial charge in [-0.25, -0.2) is 4.79 Å². The van der Waals surface area contributed by atoms with E-state index in [0.717, 1.165) is 0 Å². The van der Waals surface area contributed by atoms with Crippen LogP contribution in [0.1, 0.15) is 12.5 Å². The van der Waals surface area contributed by atoms with Crippen molar-refractivity contribution >= 4 is 16.5 Å². The van der Waals surface area contributed by atoms with Crippen LogP contribution in [0.4, 0.5) is 0 Å². The minimum absolute atomic E-state index is 0.399. The number of rotatable bonds is 3. The second-order valence-electron chi connectivity index (χ2n) is 2.91. The predicted octanol–water partition coefficient (Wildman–Crippen LogP) is 0.283. The molecule has 4 heteroatoms. The van der Waals surface area contributed by atoms with Crippen LogP contribution in [-0.2, 0) is 14.8 Å². The van der Waals surface area contributed by atoms with Crippen LogP contribution >= 0.6 is 0 Å². The molecule has 0 aliphatic carbocycles. The normalized spacial score (nSPS) is 15.2. The molecule has 13 heavy (non-hydrogen) atoms. The average Bonchev–Trinajstić information content (AvgIpc) is 2.17. The van der Waals surface area contributed by atoms with Crippen LogP contribution in [-0.4, -0.2) is 21.6 Å². The molecule has 0 saturated carbocycles. The first kappa shape index (κ1) is 9.95. The molecule has 1 aromatic rings. The van der Waals surface area contributed by atoms with Crippen molar-refractivity contribution in [3.63, 3.8) is 0 Å². The molecule has 0 amide bonds. The fraction of sp³-hybridized carbons (Fsp3) is 0.222. The zero-order valence-electron chi connectivity index (χ0n) is 7.65. The molecule has 1 unspecified atom stereocenters. The van der Waals surface area contributed by atoms with E-state index in [4.69, 9.17) is 9.53 Å². The van der Waals surface area contributed by atoms with Gasteiger partial charge in [0.15, 0.2) is 5.60 Å². The lowest BCUT2D eigenvalue weighted by Crippen LogP contribution is -2.34. The van der Waals surface area contributed by atoms with Crippen molar-refractivity contribution in [2.24, 2.45) is 0 Å². The predicted molar refractivity (Wildman–Crippen MR) is 52.5 cm³/mol. The fourth-order valence-electron chi connectivity index (χ4n) is 1.08. The second-order valence-corrected chi connectivity index (χ2v) is 3.32. The minimum Gasteiger partial charge on any atom is -0.479 e. The molecule has 0 aliphatic rings. The van der Waals surface area contributed by atoms with E-state index in [2.05, 4.69) is 0 Å². The highest BCUT2D eigenvalue weighted by Crippen LogP contribution is 2.23. The van der Waals surface area contributed by atoms with E-state index in [0.29, 0.717) is 16.0 Å². The van der Waals surface area contributed by atoms with Crippen LogP contribution in [0, 0.1) is 0 Å². The topological polar surface area (TPSA) is 46.5 Å². The van der Waals surface area contributed by atoms with Crippen LogP contribution < -0.4 is 0 Å². The summed E-state index contributed by atoms with van der Waals surface area (Å²) in [5, 5.41) is 8.98. The standard InChI is InChI=1S/C9H12O3Si/c1-9(12-13,8(10)11)7-5-3-2-4-6-7/h2-6H,1,13H3,(H,10,11). The summed E-state index contributed by atoms with van der Waals surface area (Å²) in [5.41, 5.74) is -0.509. The van der Waals surface area contributed by atoms with E-state index in [1.165, 1.54) is 0 Å². The lowest BCUT2D eigenvalue weighted by Gasteiger charge is -2.23. The van der Waals surface area contributed by atoms with Crippen molar-refractivity contribution in [3.05, 3.63) is 35.9 Å². The first-order valence-corrected chi connectivity index (χ1v) is 4.77. The molecule has 1 aromatic carbocycles. The molecule has 1 atom stereocenters. The molecule has 0 heterocycles. The highest BCUT2D eigenvalue weighted by atomic mass is 28.2. The number of aliphatic carboxylic acids is 1. The second kappa shape index (κ2) is 3.72. The first-order valence-electron chi connectivity index (χ1n) is 3.95. The molecule has 0 fully saturated rings. The van der Waals surface area contributed by atoms with Gasteiger partial charge in [-0.05, 0) is 12.5 Å². The number of carboxylic acid groups (broad SMARTS) is 1. The number of hydrogen-bond acceptors (Lipinski definition) is 2. The lowest BCUT2D eigenvalue weighted by molar-refractivity contribution is -0.154. The molecular formula is C9H12O3Si. The SMILES string of the molecule is CC(O[SiH3])(C(=O)O)c1ccccc1. The van der Waals surface area contributed by atoms with Crippen molar-refractivity contribution in [1.29, 1.82) is 0 Å². The molecular weight excluding hydrogens is 184 g/mol. The smallest absolute Gasteiger partial charge is 0.339 e. The molecule has 1 rings (SSSR count). The molecule has 1 N–H and O–H groups in total. The molecule has 0 radical (unpaired) electrons. The maximum absolute atomic E-state index is 10.9. The monoisotopic (exact) mass is 196 g/mol. The maximum atomic E-state index is 10.9. The molecule has 0 aromatic heterocycles. The zero-order chi connectivity index (χ0) is 9.90. The molecule has 3 nitrogen and oxygen atoms in total. The Morgan fingerprint density at radius 3 is 2.38 bits per heavy atom. The highest BCUT2D eigenvalue weighted by Gasteiger charge is 2.34. The van der Waals surface area contributed by atoms with Gasteiger partial charge in [0.25, 0.3) is 0 Å². The summed E-state index contributed by atoms with van der Waals surface area (Å²) >= 11 is 0. The third kappa shape index (κ3) is 1.79. The summed E-state index contributed by atoms with van der Waals surface area (Å²) in [6, 6.07) is 8.96. The van der Waals surface area contributed by atoms with E-state index >= 15 is 0 Å². The highest BCUT2D eigenvalue weighted by molar-refractivity contribution is 6.00. The Morgan fingerprint density at radius 1 is 1.46 bits per heavy atom. The van der Waals surface area contributed by atoms with Crippen molar-refractivity contribution in [2.45, 2.75) is 12.5 Å². The average molecular weight is 196 g/mol. The third-order valence-electron chi connectivity index (χ3n) is 2.14. The van der Waals surface area contributed by atoms with Crippen molar-refractivity contribution in [3.8, 4) is 0 Å². The number of hydrogen-bond donors (Lipinski definition) is 1. The van der Waals surface area contributed by atoms with Crippen molar-refractivity contribution < 1.29 is 14.3 Å². The Hall–Kier alpha value is -1.13. The Kier molecular flexibility index (Phi) is 2.85. The van der Waals surface area contributed by atoms with Crippen LogP contribution in [0.2, 0.25) is 0 Å². The van der Waals surface area contributed by atoms with Crippen LogP contribution in [0.25, 0.3) is 0 Å². The van der Waals surface area contributed by atoms with E-state index in [-0.39, 0.29) is 0 Å². The van der Waals surface area contributed by atoms with Gasteiger partial charge in [-0.2, -0.15) is 0 Å². The Bertz CT molecular complexity index is 299. The fourth-order valence-corrected chi connectivity index (χ4v) is 1.50. The van der Waals surface area contributed by atoms with E-state index in [1.807, 2.05) is 6.07 Å². The van der Waals surface area contributed by atoms with Crippen LogP contribution in [0.15, 0.2) is 30.3 Å². The van der Waals surface area contributed by atoms with Gasteiger partial charge in [0, 0.05) is 0 Å². The maximum Gasteiger partial charge on any atom is 0.339 e. The van der Waals surface area contributed by atoms with Crippen LogP contribution in [0.3, 0.4) is 0 Å². The van der Waals surface area contributed by atoms with E-state index < -0.39 is 11.6 Å². The molecule has 0 aliphatic heterocycles. The quantitative estimate of drug-likeness (QED) is 0.706. The summed E-state index contributed by atoms with van der Waals surface area (Å²) in [6.45, 7) is 1.57. The molecule has 0 spiro atoms. The molecule has 0 saturated heterocycles. The van der Waals surface area contributed by atoms with Gasteiger partial charge >= 0.3 is 5.97 Å². The van der Waals surface area contributed by atoms with Gasteiger partial charge in [0.05, 0.1) is 0 Å². The van der Waals surface area contributed by atoms with E-state index in [9.17, 15) is 4.79 Å². The van der Waals surface area contributed by atoms with Crippen molar-refractivity contribution in [2.75, 3.05) is 0 Å². The Labute approximate surface area is 79.9 Å². The van der Waals surface area contributed by atoms with Gasteiger partial charge in [0.1, 0.15) is 10.5 Å². The van der Waals surface area contributed by atoms with Crippen LogP contribution in [0.5, 0.6) is 0 Å². The third-order valence-corrected chi connectivity index (χ3v) is 2.96. The summed E-state index contributed by atoms with van der Waals surface area (Å²) in [6.07, 6.45) is 0. The summed E-state index contributed by atoms with van der Waals surface area (Å²) in [4.78, 5) is 10.9. The molecule has 0 bridgehead atoms. The van der Waals surface area contributed by atoms with Gasteiger partial charge in [0.2, 0.25) is 0 Å².